The molecule has 2 aliphatic rings. The molecule has 2 aromatic carbocycles. The van der Waals surface area contributed by atoms with Crippen LogP contribution in [0.15, 0.2) is 30.3 Å². The SMILES string of the molecule is CC(Cc1ccc2c(c1F)CN(S)C2=O)N1Cc2cc(C#N)ccc2C1=O. The van der Waals surface area contributed by atoms with Crippen molar-refractivity contribution in [2.75, 3.05) is 0 Å². The van der Waals surface area contributed by atoms with E-state index in [4.69, 9.17) is 5.26 Å². The summed E-state index contributed by atoms with van der Waals surface area (Å²) in [5.41, 5.74) is 3.09. The van der Waals surface area contributed by atoms with Gasteiger partial charge in [0.05, 0.1) is 18.2 Å². The van der Waals surface area contributed by atoms with Crippen LogP contribution in [-0.4, -0.2) is 27.1 Å². The number of thiol groups is 1. The molecule has 27 heavy (non-hydrogen) atoms. The van der Waals surface area contributed by atoms with Crippen molar-refractivity contribution in [3.8, 4) is 6.07 Å². The first-order valence-corrected chi connectivity index (χ1v) is 8.95. The van der Waals surface area contributed by atoms with Gasteiger partial charge in [-0.05, 0) is 48.7 Å². The Bertz CT molecular complexity index is 1030. The quantitative estimate of drug-likeness (QED) is 0.831. The molecule has 0 saturated carbocycles. The molecule has 0 bridgehead atoms. The number of hydrogen-bond acceptors (Lipinski definition) is 4. The summed E-state index contributed by atoms with van der Waals surface area (Å²) in [6, 6.07) is 10.1. The molecular formula is C20H16FN3O2S. The predicted octanol–water partition coefficient (Wildman–Crippen LogP) is 3.08. The first-order valence-electron chi connectivity index (χ1n) is 8.55. The number of nitriles is 1. The van der Waals surface area contributed by atoms with Crippen LogP contribution in [0.4, 0.5) is 4.39 Å². The molecule has 1 atom stereocenters. The van der Waals surface area contributed by atoms with Gasteiger partial charge in [0.15, 0.2) is 0 Å². The van der Waals surface area contributed by atoms with Crippen LogP contribution in [0.1, 0.15) is 49.9 Å². The topological polar surface area (TPSA) is 64.4 Å². The first-order chi connectivity index (χ1) is 12.9. The lowest BCUT2D eigenvalue weighted by Crippen LogP contribution is -2.35. The van der Waals surface area contributed by atoms with Crippen molar-refractivity contribution in [1.82, 2.24) is 9.21 Å². The molecule has 2 aromatic rings. The van der Waals surface area contributed by atoms with Gasteiger partial charge in [0.1, 0.15) is 5.82 Å². The molecule has 0 aromatic heterocycles. The molecule has 0 spiro atoms. The molecule has 4 rings (SSSR count). The Morgan fingerprint density at radius 3 is 2.67 bits per heavy atom. The molecule has 2 aliphatic heterocycles. The fraction of sp³-hybridized carbons (Fsp3) is 0.250. The average molecular weight is 381 g/mol. The van der Waals surface area contributed by atoms with Crippen LogP contribution >= 0.6 is 12.8 Å². The van der Waals surface area contributed by atoms with E-state index in [0.717, 1.165) is 5.56 Å². The number of carbonyl (C=O) groups excluding carboxylic acids is 2. The minimum atomic E-state index is -0.403. The van der Waals surface area contributed by atoms with E-state index in [1.54, 1.807) is 35.2 Å². The molecule has 0 aliphatic carbocycles. The highest BCUT2D eigenvalue weighted by molar-refractivity contribution is 7.78. The predicted molar refractivity (Wildman–Crippen MR) is 99.5 cm³/mol. The number of nitrogens with zero attached hydrogens (tertiary/aromatic N) is 3. The Labute approximate surface area is 161 Å². The van der Waals surface area contributed by atoms with Crippen LogP contribution in [0.3, 0.4) is 0 Å². The van der Waals surface area contributed by atoms with Gasteiger partial charge in [0.25, 0.3) is 11.8 Å². The van der Waals surface area contributed by atoms with Gasteiger partial charge in [-0.3, -0.25) is 13.9 Å². The number of amides is 2. The van der Waals surface area contributed by atoms with E-state index >= 15 is 0 Å². The molecule has 5 nitrogen and oxygen atoms in total. The summed E-state index contributed by atoms with van der Waals surface area (Å²) < 4.78 is 16.1. The molecule has 0 radical (unpaired) electrons. The zero-order valence-electron chi connectivity index (χ0n) is 14.6. The number of hydrogen-bond donors (Lipinski definition) is 1. The van der Waals surface area contributed by atoms with E-state index in [0.29, 0.717) is 40.8 Å². The molecule has 136 valence electrons. The Morgan fingerprint density at radius 2 is 1.93 bits per heavy atom. The van der Waals surface area contributed by atoms with Gasteiger partial charge in [-0.15, -0.1) is 0 Å². The van der Waals surface area contributed by atoms with E-state index in [-0.39, 0.29) is 24.4 Å². The Kier molecular flexibility index (Phi) is 4.16. The van der Waals surface area contributed by atoms with Gasteiger partial charge in [-0.2, -0.15) is 5.26 Å². The third-order valence-electron chi connectivity index (χ3n) is 5.21. The van der Waals surface area contributed by atoms with Gasteiger partial charge >= 0.3 is 0 Å². The third kappa shape index (κ3) is 2.77. The molecule has 7 heteroatoms. The highest BCUT2D eigenvalue weighted by Gasteiger charge is 2.33. The number of rotatable bonds is 3. The van der Waals surface area contributed by atoms with Gasteiger partial charge in [-0.1, -0.05) is 18.9 Å². The normalized spacial score (nSPS) is 16.4. The van der Waals surface area contributed by atoms with E-state index in [1.165, 1.54) is 4.31 Å². The summed E-state index contributed by atoms with van der Waals surface area (Å²) in [6.45, 7) is 2.41. The van der Waals surface area contributed by atoms with E-state index in [1.807, 2.05) is 6.92 Å². The molecule has 2 heterocycles. The summed E-state index contributed by atoms with van der Waals surface area (Å²) in [5.74, 6) is -0.814. The van der Waals surface area contributed by atoms with E-state index < -0.39 is 5.82 Å². The molecule has 0 N–H and O–H groups in total. The Morgan fingerprint density at radius 1 is 1.19 bits per heavy atom. The summed E-state index contributed by atoms with van der Waals surface area (Å²) >= 11 is 4.05. The lowest BCUT2D eigenvalue weighted by molar-refractivity contribution is 0.0715. The first kappa shape index (κ1) is 17.6. The van der Waals surface area contributed by atoms with E-state index in [9.17, 15) is 14.0 Å². The minimum Gasteiger partial charge on any atom is -0.331 e. The maximum absolute atomic E-state index is 14.9. The highest BCUT2D eigenvalue weighted by Crippen LogP contribution is 2.31. The monoisotopic (exact) mass is 381 g/mol. The molecule has 0 saturated heterocycles. The average Bonchev–Trinajstić information content (AvgIpc) is 3.15. The minimum absolute atomic E-state index is 0.111. The Hall–Kier alpha value is -2.85. The van der Waals surface area contributed by atoms with Crippen LogP contribution in [0.2, 0.25) is 0 Å². The summed E-state index contributed by atoms with van der Waals surface area (Å²) in [7, 11) is 0. The zero-order valence-corrected chi connectivity index (χ0v) is 15.5. The number of halogens is 1. The maximum atomic E-state index is 14.9. The molecule has 2 amide bonds. The zero-order chi connectivity index (χ0) is 19.3. The number of fused-ring (bicyclic) bond motifs is 2. The standard InChI is InChI=1S/C20H16FN3O2S/c1-11(23-9-14-7-12(8-22)2-4-15(14)19(23)25)6-13-3-5-16-17(18(13)21)10-24(27)20(16)26/h2-5,7,11,27H,6,9-10H2,1H3. The number of carbonyl (C=O) groups is 2. The highest BCUT2D eigenvalue weighted by atomic mass is 32.1. The molecular weight excluding hydrogens is 365 g/mol. The smallest absolute Gasteiger partial charge is 0.264 e. The van der Waals surface area contributed by atoms with Crippen molar-refractivity contribution in [2.24, 2.45) is 0 Å². The van der Waals surface area contributed by atoms with Gasteiger partial charge in [0, 0.05) is 29.3 Å². The van der Waals surface area contributed by atoms with Gasteiger partial charge in [0.2, 0.25) is 0 Å². The largest absolute Gasteiger partial charge is 0.331 e. The summed E-state index contributed by atoms with van der Waals surface area (Å²) in [6.07, 6.45) is 0.338. The van der Waals surface area contributed by atoms with Gasteiger partial charge in [-0.25, -0.2) is 4.39 Å². The van der Waals surface area contributed by atoms with Crippen LogP contribution in [-0.2, 0) is 19.5 Å². The van der Waals surface area contributed by atoms with E-state index in [2.05, 4.69) is 18.9 Å². The fourth-order valence-corrected chi connectivity index (χ4v) is 3.99. The van der Waals surface area contributed by atoms with Crippen molar-refractivity contribution < 1.29 is 14.0 Å². The van der Waals surface area contributed by atoms with Gasteiger partial charge < -0.3 is 4.90 Å². The van der Waals surface area contributed by atoms with Crippen molar-refractivity contribution in [3.63, 3.8) is 0 Å². The van der Waals surface area contributed by atoms with Crippen LogP contribution in [0.5, 0.6) is 0 Å². The molecule has 1 unspecified atom stereocenters. The second-order valence-electron chi connectivity index (χ2n) is 6.90. The van der Waals surface area contributed by atoms with Crippen LogP contribution in [0, 0.1) is 17.1 Å². The van der Waals surface area contributed by atoms with Crippen LogP contribution < -0.4 is 0 Å². The van der Waals surface area contributed by atoms with Crippen molar-refractivity contribution >= 4 is 24.6 Å². The second-order valence-corrected chi connectivity index (χ2v) is 7.38. The molecule has 0 fully saturated rings. The Balaban J connectivity index is 1.57. The van der Waals surface area contributed by atoms with Crippen molar-refractivity contribution in [1.29, 1.82) is 5.26 Å². The summed E-state index contributed by atoms with van der Waals surface area (Å²) in [4.78, 5) is 26.3. The lowest BCUT2D eigenvalue weighted by atomic mass is 9.99. The fourth-order valence-electron chi connectivity index (χ4n) is 3.74. The third-order valence-corrected chi connectivity index (χ3v) is 5.53. The van der Waals surface area contributed by atoms with Crippen molar-refractivity contribution in [2.45, 2.75) is 32.5 Å². The second kappa shape index (κ2) is 6.39. The maximum Gasteiger partial charge on any atom is 0.264 e. The summed E-state index contributed by atoms with van der Waals surface area (Å²) in [5, 5.41) is 9.03. The lowest BCUT2D eigenvalue weighted by Gasteiger charge is -2.24. The van der Waals surface area contributed by atoms with Crippen molar-refractivity contribution in [3.05, 3.63) is 69.5 Å². The van der Waals surface area contributed by atoms with Crippen LogP contribution in [0.25, 0.3) is 0 Å². The number of benzene rings is 2.